The molecule has 2 N–H and O–H groups in total. The summed E-state index contributed by atoms with van der Waals surface area (Å²) >= 11 is 0. The van der Waals surface area contributed by atoms with Gasteiger partial charge in [0.15, 0.2) is 0 Å². The molecule has 2 aromatic rings. The molecule has 146 valence electrons. The number of H-pyrrole nitrogens is 1. The lowest BCUT2D eigenvalue weighted by molar-refractivity contribution is -0.145. The van der Waals surface area contributed by atoms with Crippen molar-refractivity contribution >= 4 is 17.6 Å². The predicted molar refractivity (Wildman–Crippen MR) is 102 cm³/mol. The number of nitrogens with zero attached hydrogens (tertiary/aromatic N) is 1. The van der Waals surface area contributed by atoms with Crippen LogP contribution < -0.4 is 5.32 Å². The highest BCUT2D eigenvalue weighted by molar-refractivity contribution is 5.95. The number of imidazole rings is 1. The van der Waals surface area contributed by atoms with Crippen LogP contribution in [-0.2, 0) is 14.3 Å². The van der Waals surface area contributed by atoms with E-state index in [4.69, 9.17) is 4.74 Å². The smallest absolute Gasteiger partial charge is 0.316 e. The number of aromatic nitrogens is 2. The summed E-state index contributed by atoms with van der Waals surface area (Å²) in [5.41, 5.74) is 1.62. The van der Waals surface area contributed by atoms with E-state index in [2.05, 4.69) is 15.3 Å². The molecule has 3 rings (SSSR count). The first-order valence-electron chi connectivity index (χ1n) is 9.39. The molecule has 0 aliphatic carbocycles. The van der Waals surface area contributed by atoms with Crippen molar-refractivity contribution in [3.8, 4) is 11.3 Å². The number of hydrogen-bond donors (Lipinski definition) is 2. The van der Waals surface area contributed by atoms with Gasteiger partial charge in [0.2, 0.25) is 5.91 Å². The fraction of sp³-hybridized carbons (Fsp3) is 0.450. The lowest BCUT2D eigenvalue weighted by Gasteiger charge is -2.15. The summed E-state index contributed by atoms with van der Waals surface area (Å²) in [5.74, 6) is -0.921. The second kappa shape index (κ2) is 9.85. The number of carbonyl (C=O) groups excluding carboxylic acids is 2. The summed E-state index contributed by atoms with van der Waals surface area (Å²) in [7, 11) is 0. The molecule has 1 atom stereocenters. The third kappa shape index (κ3) is 5.15. The van der Waals surface area contributed by atoms with Gasteiger partial charge in [-0.25, -0.2) is 9.37 Å². The molecule has 0 radical (unpaired) electrons. The maximum absolute atomic E-state index is 13.6. The number of fused-ring (bicyclic) bond motifs is 4. The van der Waals surface area contributed by atoms with E-state index in [9.17, 15) is 14.0 Å². The second-order valence-corrected chi connectivity index (χ2v) is 5.97. The van der Waals surface area contributed by atoms with E-state index in [-0.39, 0.29) is 11.9 Å². The number of esters is 1. The van der Waals surface area contributed by atoms with Crippen molar-refractivity contribution in [1.29, 1.82) is 0 Å². The number of hydrogen-bond acceptors (Lipinski definition) is 4. The maximum Gasteiger partial charge on any atom is 0.316 e. The van der Waals surface area contributed by atoms with E-state index in [0.717, 1.165) is 0 Å². The molecular weight excluding hydrogens is 349 g/mol. The molecule has 2 bridgehead atoms. The number of aromatic amines is 1. The monoisotopic (exact) mass is 375 g/mol. The van der Waals surface area contributed by atoms with Gasteiger partial charge in [-0.15, -0.1) is 0 Å². The Bertz CT molecular complexity index is 789. The first-order chi connectivity index (χ1) is 13.1. The number of ether oxygens (including phenoxy) is 1. The Labute approximate surface area is 158 Å². The van der Waals surface area contributed by atoms with Crippen LogP contribution in [0.4, 0.5) is 10.1 Å². The quantitative estimate of drug-likeness (QED) is 0.762. The van der Waals surface area contributed by atoms with Crippen LogP contribution in [0.2, 0.25) is 0 Å². The van der Waals surface area contributed by atoms with Crippen molar-refractivity contribution in [2.24, 2.45) is 0 Å². The molecule has 0 fully saturated rings. The van der Waals surface area contributed by atoms with E-state index in [0.29, 0.717) is 55.1 Å². The SMILES string of the molecule is CC.CCOC(=O)C1CCCCC(=O)Nc2cc(F)ccc2-c2cnc1[nH]2. The van der Waals surface area contributed by atoms with Crippen LogP contribution in [0.1, 0.15) is 58.2 Å². The Kier molecular flexibility index (Phi) is 7.52. The van der Waals surface area contributed by atoms with E-state index in [1.165, 1.54) is 12.1 Å². The molecule has 0 spiro atoms. The molecule has 27 heavy (non-hydrogen) atoms. The van der Waals surface area contributed by atoms with Crippen molar-refractivity contribution in [3.05, 3.63) is 36.0 Å². The van der Waals surface area contributed by atoms with Crippen molar-refractivity contribution in [2.45, 2.75) is 52.4 Å². The van der Waals surface area contributed by atoms with Gasteiger partial charge in [0, 0.05) is 12.0 Å². The summed E-state index contributed by atoms with van der Waals surface area (Å²) in [6.07, 6.45) is 3.75. The third-order valence-electron chi connectivity index (χ3n) is 4.19. The van der Waals surface area contributed by atoms with E-state index >= 15 is 0 Å². The highest BCUT2D eigenvalue weighted by Gasteiger charge is 2.26. The Morgan fingerprint density at radius 1 is 1.33 bits per heavy atom. The number of halogens is 1. The Hall–Kier alpha value is -2.70. The summed E-state index contributed by atoms with van der Waals surface area (Å²) < 4.78 is 18.7. The minimum absolute atomic E-state index is 0.181. The Morgan fingerprint density at radius 2 is 2.11 bits per heavy atom. The van der Waals surface area contributed by atoms with Crippen LogP contribution in [-0.4, -0.2) is 28.5 Å². The molecule has 1 amide bonds. The lowest BCUT2D eigenvalue weighted by atomic mass is 10.00. The molecule has 1 aliphatic rings. The zero-order chi connectivity index (χ0) is 19.8. The molecular formula is C20H26FN3O3. The standard InChI is InChI=1S/C18H20FN3O3.C2H6/c1-2-25-18(24)13-5-3-4-6-16(23)21-14-9-11(19)7-8-12(14)15-10-20-17(13)22-15;1-2/h7-10,13H,2-6H2,1H3,(H,20,22)(H,21,23);1-2H3. The minimum atomic E-state index is -0.500. The number of carbonyl (C=O) groups is 2. The first kappa shape index (κ1) is 20.6. The van der Waals surface area contributed by atoms with Crippen LogP contribution in [0.25, 0.3) is 11.3 Å². The average Bonchev–Trinajstić information content (AvgIpc) is 3.12. The summed E-state index contributed by atoms with van der Waals surface area (Å²) in [6.45, 7) is 6.06. The normalized spacial score (nSPS) is 16.6. The largest absolute Gasteiger partial charge is 0.465 e. The van der Waals surface area contributed by atoms with Crippen LogP contribution >= 0.6 is 0 Å². The molecule has 1 aliphatic heterocycles. The summed E-state index contributed by atoms with van der Waals surface area (Å²) in [6, 6.07) is 4.18. The molecule has 0 saturated carbocycles. The fourth-order valence-electron chi connectivity index (χ4n) is 2.96. The molecule has 1 aromatic heterocycles. The van der Waals surface area contributed by atoms with Gasteiger partial charge in [-0.3, -0.25) is 9.59 Å². The van der Waals surface area contributed by atoms with Crippen molar-refractivity contribution in [1.82, 2.24) is 9.97 Å². The topological polar surface area (TPSA) is 84.1 Å². The molecule has 7 heteroatoms. The van der Waals surface area contributed by atoms with Crippen molar-refractivity contribution in [3.63, 3.8) is 0 Å². The van der Waals surface area contributed by atoms with E-state index in [1.807, 2.05) is 13.8 Å². The van der Waals surface area contributed by atoms with Gasteiger partial charge in [-0.05, 0) is 38.0 Å². The number of amides is 1. The zero-order valence-electron chi connectivity index (χ0n) is 16.0. The zero-order valence-corrected chi connectivity index (χ0v) is 16.0. The molecule has 0 saturated heterocycles. The van der Waals surface area contributed by atoms with Crippen LogP contribution in [0.15, 0.2) is 24.4 Å². The molecule has 1 unspecified atom stereocenters. The van der Waals surface area contributed by atoms with Crippen molar-refractivity contribution in [2.75, 3.05) is 11.9 Å². The molecule has 2 heterocycles. The number of nitrogens with one attached hydrogen (secondary N) is 2. The van der Waals surface area contributed by atoms with Gasteiger partial charge >= 0.3 is 5.97 Å². The third-order valence-corrected chi connectivity index (χ3v) is 4.19. The molecule has 6 nitrogen and oxygen atoms in total. The predicted octanol–water partition coefficient (Wildman–Crippen LogP) is 4.40. The highest BCUT2D eigenvalue weighted by Crippen LogP contribution is 2.31. The number of anilines is 1. The van der Waals surface area contributed by atoms with Crippen LogP contribution in [0, 0.1) is 5.82 Å². The van der Waals surface area contributed by atoms with Gasteiger partial charge in [0.25, 0.3) is 0 Å². The number of benzene rings is 1. The van der Waals surface area contributed by atoms with Crippen molar-refractivity contribution < 1.29 is 18.7 Å². The molecule has 1 aromatic carbocycles. The lowest BCUT2D eigenvalue weighted by Crippen LogP contribution is -2.18. The summed E-state index contributed by atoms with van der Waals surface area (Å²) in [5, 5.41) is 2.75. The maximum atomic E-state index is 13.6. The Balaban J connectivity index is 0.00000126. The van der Waals surface area contributed by atoms with Gasteiger partial charge in [0.05, 0.1) is 24.2 Å². The van der Waals surface area contributed by atoms with Gasteiger partial charge in [-0.1, -0.05) is 20.3 Å². The first-order valence-corrected chi connectivity index (χ1v) is 9.39. The number of rotatable bonds is 2. The fourth-order valence-corrected chi connectivity index (χ4v) is 2.96. The van der Waals surface area contributed by atoms with Gasteiger partial charge in [-0.2, -0.15) is 0 Å². The highest BCUT2D eigenvalue weighted by atomic mass is 19.1. The van der Waals surface area contributed by atoms with Crippen LogP contribution in [0.5, 0.6) is 0 Å². The minimum Gasteiger partial charge on any atom is -0.465 e. The average molecular weight is 375 g/mol. The van der Waals surface area contributed by atoms with E-state index in [1.54, 1.807) is 19.2 Å². The Morgan fingerprint density at radius 3 is 2.85 bits per heavy atom. The second-order valence-electron chi connectivity index (χ2n) is 5.97. The van der Waals surface area contributed by atoms with Gasteiger partial charge < -0.3 is 15.0 Å². The van der Waals surface area contributed by atoms with E-state index < -0.39 is 11.7 Å². The summed E-state index contributed by atoms with van der Waals surface area (Å²) in [4.78, 5) is 31.8. The van der Waals surface area contributed by atoms with Crippen LogP contribution in [0.3, 0.4) is 0 Å². The van der Waals surface area contributed by atoms with Gasteiger partial charge in [0.1, 0.15) is 17.6 Å².